The van der Waals surface area contributed by atoms with Gasteiger partial charge in [-0.25, -0.2) is 0 Å². The Balaban J connectivity index is 2.63. The lowest BCUT2D eigenvalue weighted by Gasteiger charge is -2.07. The zero-order valence-corrected chi connectivity index (χ0v) is 10.6. The van der Waals surface area contributed by atoms with Crippen LogP contribution in [0.5, 0.6) is 0 Å². The third kappa shape index (κ3) is 1.80. The molecule has 0 aliphatic heterocycles. The van der Waals surface area contributed by atoms with Crippen molar-refractivity contribution in [3.8, 4) is 11.4 Å². The fraction of sp³-hybridized carbons (Fsp3) is 0.333. The van der Waals surface area contributed by atoms with Crippen LogP contribution in [-0.4, -0.2) is 14.8 Å². The van der Waals surface area contributed by atoms with E-state index in [9.17, 15) is 0 Å². The molecule has 0 spiro atoms. The zero-order valence-electron chi connectivity index (χ0n) is 9.74. The lowest BCUT2D eigenvalue weighted by molar-refractivity contribution is 0.755. The van der Waals surface area contributed by atoms with Crippen molar-refractivity contribution < 1.29 is 0 Å². The summed E-state index contributed by atoms with van der Waals surface area (Å²) < 4.78 is 2.69. The van der Waals surface area contributed by atoms with Gasteiger partial charge >= 0.3 is 0 Å². The molecule has 4 heteroatoms. The Kier molecular flexibility index (Phi) is 2.92. The number of hydrogen-bond donors (Lipinski definition) is 1. The summed E-state index contributed by atoms with van der Waals surface area (Å²) in [5.41, 5.74) is 3.63. The number of nitrogens with one attached hydrogen (secondary N) is 1. The summed E-state index contributed by atoms with van der Waals surface area (Å²) in [5, 5.41) is 7.14. The first-order valence-electron chi connectivity index (χ1n) is 5.36. The molecule has 0 atom stereocenters. The normalized spacial score (nSPS) is 10.7. The van der Waals surface area contributed by atoms with Crippen molar-refractivity contribution in [3.05, 3.63) is 34.1 Å². The van der Waals surface area contributed by atoms with Gasteiger partial charge in [-0.1, -0.05) is 23.8 Å². The number of benzene rings is 1. The lowest BCUT2D eigenvalue weighted by atomic mass is 10.1. The SMILES string of the molecule is CCn1c(-c2ccc(C)cc2C)n[nH]c1=S. The van der Waals surface area contributed by atoms with E-state index in [1.165, 1.54) is 11.1 Å². The monoisotopic (exact) mass is 233 g/mol. The van der Waals surface area contributed by atoms with Gasteiger partial charge in [0.1, 0.15) is 0 Å². The van der Waals surface area contributed by atoms with Gasteiger partial charge in [0, 0.05) is 12.1 Å². The van der Waals surface area contributed by atoms with Crippen LogP contribution in [0.1, 0.15) is 18.1 Å². The van der Waals surface area contributed by atoms with Crippen LogP contribution in [0.2, 0.25) is 0 Å². The number of aromatic nitrogens is 3. The first-order valence-corrected chi connectivity index (χ1v) is 5.77. The number of aromatic amines is 1. The highest BCUT2D eigenvalue weighted by Gasteiger charge is 2.09. The van der Waals surface area contributed by atoms with Crippen LogP contribution in [0.3, 0.4) is 0 Å². The van der Waals surface area contributed by atoms with E-state index in [2.05, 4.69) is 49.2 Å². The van der Waals surface area contributed by atoms with Crippen molar-refractivity contribution >= 4 is 12.2 Å². The molecule has 2 rings (SSSR count). The van der Waals surface area contributed by atoms with Crippen LogP contribution in [0, 0.1) is 18.6 Å². The molecule has 16 heavy (non-hydrogen) atoms. The van der Waals surface area contributed by atoms with Crippen molar-refractivity contribution in [2.75, 3.05) is 0 Å². The summed E-state index contributed by atoms with van der Waals surface area (Å²) >= 11 is 5.19. The Bertz CT molecular complexity index is 566. The fourth-order valence-corrected chi connectivity index (χ4v) is 2.14. The molecule has 0 radical (unpaired) electrons. The molecule has 0 saturated heterocycles. The Labute approximate surface area is 100 Å². The maximum absolute atomic E-state index is 5.19. The number of H-pyrrole nitrogens is 1. The summed E-state index contributed by atoms with van der Waals surface area (Å²) in [4.78, 5) is 0. The number of aryl methyl sites for hydroxylation is 2. The van der Waals surface area contributed by atoms with E-state index in [4.69, 9.17) is 12.2 Å². The molecule has 0 fully saturated rings. The molecule has 0 aliphatic carbocycles. The predicted octanol–water partition coefficient (Wildman–Crippen LogP) is 3.24. The van der Waals surface area contributed by atoms with Crippen LogP contribution < -0.4 is 0 Å². The molecule has 1 aromatic carbocycles. The second kappa shape index (κ2) is 4.22. The largest absolute Gasteiger partial charge is 0.300 e. The van der Waals surface area contributed by atoms with Crippen molar-refractivity contribution in [2.45, 2.75) is 27.3 Å². The quantitative estimate of drug-likeness (QED) is 0.808. The molecule has 1 N–H and O–H groups in total. The van der Waals surface area contributed by atoms with Crippen molar-refractivity contribution in [3.63, 3.8) is 0 Å². The van der Waals surface area contributed by atoms with Crippen molar-refractivity contribution in [2.24, 2.45) is 0 Å². The van der Waals surface area contributed by atoms with Crippen LogP contribution in [0.15, 0.2) is 18.2 Å². The van der Waals surface area contributed by atoms with Gasteiger partial charge in [-0.15, -0.1) is 0 Å². The molecule has 84 valence electrons. The Morgan fingerprint density at radius 1 is 1.38 bits per heavy atom. The average molecular weight is 233 g/mol. The van der Waals surface area contributed by atoms with Gasteiger partial charge in [0.15, 0.2) is 10.6 Å². The number of hydrogen-bond acceptors (Lipinski definition) is 2. The Hall–Kier alpha value is -1.42. The Morgan fingerprint density at radius 2 is 2.12 bits per heavy atom. The van der Waals surface area contributed by atoms with Crippen molar-refractivity contribution in [1.29, 1.82) is 0 Å². The van der Waals surface area contributed by atoms with Crippen LogP contribution in [0.25, 0.3) is 11.4 Å². The minimum absolute atomic E-state index is 0.678. The van der Waals surface area contributed by atoms with E-state index in [1.54, 1.807) is 0 Å². The summed E-state index contributed by atoms with van der Waals surface area (Å²) in [6.45, 7) is 7.09. The molecular weight excluding hydrogens is 218 g/mol. The van der Waals surface area contributed by atoms with Gasteiger partial charge < -0.3 is 4.57 Å². The third-order valence-corrected chi connectivity index (χ3v) is 3.01. The minimum Gasteiger partial charge on any atom is -0.300 e. The van der Waals surface area contributed by atoms with E-state index in [1.807, 2.05) is 4.57 Å². The average Bonchev–Trinajstić information content (AvgIpc) is 2.59. The van der Waals surface area contributed by atoms with Crippen LogP contribution in [0.4, 0.5) is 0 Å². The van der Waals surface area contributed by atoms with Gasteiger partial charge in [-0.05, 0) is 38.6 Å². The maximum Gasteiger partial charge on any atom is 0.195 e. The van der Waals surface area contributed by atoms with E-state index >= 15 is 0 Å². The van der Waals surface area contributed by atoms with Gasteiger partial charge in [-0.3, -0.25) is 5.10 Å². The second-order valence-corrected chi connectivity index (χ2v) is 4.30. The molecule has 0 aliphatic rings. The smallest absolute Gasteiger partial charge is 0.195 e. The molecule has 2 aromatic rings. The first-order chi connectivity index (χ1) is 7.63. The number of nitrogens with zero attached hydrogens (tertiary/aromatic N) is 2. The van der Waals surface area contributed by atoms with Gasteiger partial charge in [-0.2, -0.15) is 5.10 Å². The maximum atomic E-state index is 5.19. The second-order valence-electron chi connectivity index (χ2n) is 3.92. The summed E-state index contributed by atoms with van der Waals surface area (Å²) in [6.07, 6.45) is 0. The van der Waals surface area contributed by atoms with Crippen LogP contribution in [-0.2, 0) is 6.54 Å². The highest BCUT2D eigenvalue weighted by atomic mass is 32.1. The molecule has 0 saturated carbocycles. The molecule has 0 bridgehead atoms. The summed E-state index contributed by atoms with van der Waals surface area (Å²) in [7, 11) is 0. The van der Waals surface area contributed by atoms with Crippen LogP contribution >= 0.6 is 12.2 Å². The van der Waals surface area contributed by atoms with Gasteiger partial charge in [0.05, 0.1) is 0 Å². The highest BCUT2D eigenvalue weighted by Crippen LogP contribution is 2.22. The van der Waals surface area contributed by atoms with Crippen molar-refractivity contribution in [1.82, 2.24) is 14.8 Å². The molecular formula is C12H15N3S. The van der Waals surface area contributed by atoms with Gasteiger partial charge in [0.2, 0.25) is 0 Å². The molecule has 0 unspecified atom stereocenters. The highest BCUT2D eigenvalue weighted by molar-refractivity contribution is 7.71. The van der Waals surface area contributed by atoms with E-state index in [0.717, 1.165) is 17.9 Å². The standard InChI is InChI=1S/C12H15N3S/c1-4-15-11(13-14-12(15)16)10-6-5-8(2)7-9(10)3/h5-7H,4H2,1-3H3,(H,14,16). The molecule has 1 aromatic heterocycles. The first kappa shape index (κ1) is 11.1. The summed E-state index contributed by atoms with van der Waals surface area (Å²) in [5.74, 6) is 0.921. The zero-order chi connectivity index (χ0) is 11.7. The fourth-order valence-electron chi connectivity index (χ4n) is 1.88. The Morgan fingerprint density at radius 3 is 2.75 bits per heavy atom. The number of rotatable bonds is 2. The summed E-state index contributed by atoms with van der Waals surface area (Å²) in [6, 6.07) is 6.36. The predicted molar refractivity (Wildman–Crippen MR) is 68.0 cm³/mol. The van der Waals surface area contributed by atoms with E-state index < -0.39 is 0 Å². The lowest BCUT2D eigenvalue weighted by Crippen LogP contribution is -1.99. The third-order valence-electron chi connectivity index (χ3n) is 2.70. The van der Waals surface area contributed by atoms with Gasteiger partial charge in [0.25, 0.3) is 0 Å². The van der Waals surface area contributed by atoms with E-state index in [0.29, 0.717) is 4.77 Å². The molecule has 1 heterocycles. The topological polar surface area (TPSA) is 33.6 Å². The van der Waals surface area contributed by atoms with E-state index in [-0.39, 0.29) is 0 Å². The molecule has 0 amide bonds. The molecule has 3 nitrogen and oxygen atoms in total. The minimum atomic E-state index is 0.678.